The fourth-order valence-electron chi connectivity index (χ4n) is 3.61. The van der Waals surface area contributed by atoms with E-state index in [1.165, 1.54) is 0 Å². The maximum atomic E-state index is 13.1. The molecule has 160 valence electrons. The zero-order valence-electron chi connectivity index (χ0n) is 16.3. The molecule has 0 radical (unpaired) electrons. The van der Waals surface area contributed by atoms with Gasteiger partial charge in [0.05, 0.1) is 11.6 Å². The number of carbonyl (C=O) groups excluding carboxylic acids is 2. The molecule has 3 aliphatic rings. The van der Waals surface area contributed by atoms with E-state index in [4.69, 9.17) is 23.7 Å². The van der Waals surface area contributed by atoms with Crippen molar-refractivity contribution < 1.29 is 33.3 Å². The van der Waals surface area contributed by atoms with Gasteiger partial charge < -0.3 is 34.3 Å². The lowest BCUT2D eigenvalue weighted by Crippen LogP contribution is -2.45. The van der Waals surface area contributed by atoms with Crippen molar-refractivity contribution >= 4 is 27.9 Å². The SMILES string of the molecule is CC1=C(C(=O)OCc2ccc3c(c2)OCO3)[C@@H](c2cc3c(cc2Br)OCO3)NC(=O)N1. The predicted octanol–water partition coefficient (Wildman–Crippen LogP) is 3.28. The first-order valence-electron chi connectivity index (χ1n) is 9.42. The first-order valence-corrected chi connectivity index (χ1v) is 10.2. The maximum Gasteiger partial charge on any atom is 0.338 e. The normalized spacial score (nSPS) is 18.5. The van der Waals surface area contributed by atoms with Crippen LogP contribution in [0.4, 0.5) is 4.79 Å². The second-order valence-corrected chi connectivity index (χ2v) is 7.92. The summed E-state index contributed by atoms with van der Waals surface area (Å²) in [6.45, 7) is 1.98. The van der Waals surface area contributed by atoms with Gasteiger partial charge in [-0.2, -0.15) is 0 Å². The molecule has 1 atom stereocenters. The predicted molar refractivity (Wildman–Crippen MR) is 110 cm³/mol. The van der Waals surface area contributed by atoms with E-state index in [9.17, 15) is 9.59 Å². The third kappa shape index (κ3) is 3.63. The fourth-order valence-corrected chi connectivity index (χ4v) is 4.16. The number of esters is 1. The molecule has 2 N–H and O–H groups in total. The summed E-state index contributed by atoms with van der Waals surface area (Å²) in [5.41, 5.74) is 2.10. The molecule has 2 aromatic rings. The van der Waals surface area contributed by atoms with E-state index in [-0.39, 0.29) is 20.2 Å². The summed E-state index contributed by atoms with van der Waals surface area (Å²) in [6.07, 6.45) is 0. The molecule has 10 heteroatoms. The van der Waals surface area contributed by atoms with Crippen LogP contribution in [-0.4, -0.2) is 25.6 Å². The Balaban J connectivity index is 1.41. The summed E-state index contributed by atoms with van der Waals surface area (Å²) in [5, 5.41) is 5.42. The lowest BCUT2D eigenvalue weighted by molar-refractivity contribution is -0.140. The van der Waals surface area contributed by atoms with E-state index in [1.807, 2.05) is 0 Å². The quantitative estimate of drug-likeness (QED) is 0.636. The molecular formula is C21H17BrN2O7. The average molecular weight is 489 g/mol. The van der Waals surface area contributed by atoms with E-state index < -0.39 is 18.0 Å². The van der Waals surface area contributed by atoms with Crippen LogP contribution >= 0.6 is 15.9 Å². The van der Waals surface area contributed by atoms with Gasteiger partial charge >= 0.3 is 12.0 Å². The number of halogens is 1. The van der Waals surface area contributed by atoms with Gasteiger partial charge in [0.25, 0.3) is 0 Å². The summed E-state index contributed by atoms with van der Waals surface area (Å²) in [5.74, 6) is 1.83. The summed E-state index contributed by atoms with van der Waals surface area (Å²) >= 11 is 3.50. The molecule has 2 amide bonds. The zero-order chi connectivity index (χ0) is 21.5. The van der Waals surface area contributed by atoms with Crippen molar-refractivity contribution in [3.05, 3.63) is 57.2 Å². The summed E-state index contributed by atoms with van der Waals surface area (Å²) < 4.78 is 27.7. The fraction of sp³-hybridized carbons (Fsp3) is 0.238. The molecule has 0 unspecified atom stereocenters. The van der Waals surface area contributed by atoms with Crippen LogP contribution in [0, 0.1) is 0 Å². The van der Waals surface area contributed by atoms with Gasteiger partial charge in [0.2, 0.25) is 13.6 Å². The van der Waals surface area contributed by atoms with Crippen LogP contribution in [0.15, 0.2) is 46.1 Å². The number of amides is 2. The van der Waals surface area contributed by atoms with Gasteiger partial charge in [-0.15, -0.1) is 0 Å². The third-order valence-electron chi connectivity index (χ3n) is 5.10. The van der Waals surface area contributed by atoms with Crippen LogP contribution in [0.3, 0.4) is 0 Å². The van der Waals surface area contributed by atoms with Gasteiger partial charge in [0.1, 0.15) is 6.61 Å². The lowest BCUT2D eigenvalue weighted by atomic mass is 9.95. The molecule has 0 saturated carbocycles. The molecule has 0 spiro atoms. The number of hydrogen-bond donors (Lipinski definition) is 2. The highest BCUT2D eigenvalue weighted by Gasteiger charge is 2.34. The molecule has 5 rings (SSSR count). The van der Waals surface area contributed by atoms with Gasteiger partial charge in [0.15, 0.2) is 23.0 Å². The molecule has 0 saturated heterocycles. The molecular weight excluding hydrogens is 472 g/mol. The number of fused-ring (bicyclic) bond motifs is 2. The largest absolute Gasteiger partial charge is 0.457 e. The van der Waals surface area contributed by atoms with Gasteiger partial charge in [-0.1, -0.05) is 22.0 Å². The van der Waals surface area contributed by atoms with Crippen molar-refractivity contribution in [3.8, 4) is 23.0 Å². The monoisotopic (exact) mass is 488 g/mol. The van der Waals surface area contributed by atoms with Crippen molar-refractivity contribution in [2.24, 2.45) is 0 Å². The van der Waals surface area contributed by atoms with E-state index >= 15 is 0 Å². The number of urea groups is 1. The molecule has 9 nitrogen and oxygen atoms in total. The third-order valence-corrected chi connectivity index (χ3v) is 5.79. The number of rotatable bonds is 4. The smallest absolute Gasteiger partial charge is 0.338 e. The molecule has 2 aromatic carbocycles. The number of hydrogen-bond acceptors (Lipinski definition) is 7. The van der Waals surface area contributed by atoms with Crippen molar-refractivity contribution in [1.29, 1.82) is 0 Å². The first kappa shape index (κ1) is 19.6. The van der Waals surface area contributed by atoms with Crippen molar-refractivity contribution in [2.75, 3.05) is 13.6 Å². The number of allylic oxidation sites excluding steroid dienone is 1. The lowest BCUT2D eigenvalue weighted by Gasteiger charge is -2.29. The minimum absolute atomic E-state index is 0.0369. The summed E-state index contributed by atoms with van der Waals surface area (Å²) in [7, 11) is 0. The van der Waals surface area contributed by atoms with Crippen LogP contribution in [0.25, 0.3) is 0 Å². The number of nitrogens with one attached hydrogen (secondary N) is 2. The Morgan fingerprint density at radius 2 is 1.74 bits per heavy atom. The Bertz CT molecular complexity index is 1130. The average Bonchev–Trinajstić information content (AvgIpc) is 3.39. The molecule has 3 heterocycles. The van der Waals surface area contributed by atoms with Crippen LogP contribution in [-0.2, 0) is 16.1 Å². The second kappa shape index (κ2) is 7.69. The minimum Gasteiger partial charge on any atom is -0.457 e. The second-order valence-electron chi connectivity index (χ2n) is 7.06. The summed E-state index contributed by atoms with van der Waals surface area (Å²) in [4.78, 5) is 25.2. The number of benzene rings is 2. The topological polar surface area (TPSA) is 104 Å². The molecule has 0 fully saturated rings. The first-order chi connectivity index (χ1) is 15.0. The maximum absolute atomic E-state index is 13.1. The molecule has 3 aliphatic heterocycles. The van der Waals surface area contributed by atoms with E-state index in [0.717, 1.165) is 5.56 Å². The Hall–Kier alpha value is -3.40. The molecule has 31 heavy (non-hydrogen) atoms. The van der Waals surface area contributed by atoms with Crippen molar-refractivity contribution in [2.45, 2.75) is 19.6 Å². The highest BCUT2D eigenvalue weighted by atomic mass is 79.9. The van der Waals surface area contributed by atoms with Crippen LogP contribution < -0.4 is 29.6 Å². The van der Waals surface area contributed by atoms with Crippen molar-refractivity contribution in [3.63, 3.8) is 0 Å². The van der Waals surface area contributed by atoms with Gasteiger partial charge in [-0.25, -0.2) is 9.59 Å². The standard InChI is InChI=1S/C21H17BrN2O7/c1-10-18(20(25)27-7-11-2-3-14-15(4-11)29-8-28-14)19(24-21(26)23-10)12-5-16-17(6-13(12)22)31-9-30-16/h2-6,19H,7-9H2,1H3,(H2,23,24,26)/t19-/m1/s1. The molecule has 0 bridgehead atoms. The number of ether oxygens (including phenoxy) is 5. The van der Waals surface area contributed by atoms with Crippen LogP contribution in [0.5, 0.6) is 23.0 Å². The summed E-state index contributed by atoms with van der Waals surface area (Å²) in [6, 6.07) is 7.67. The molecule has 0 aliphatic carbocycles. The van der Waals surface area contributed by atoms with Crippen LogP contribution in [0.1, 0.15) is 24.1 Å². The highest BCUT2D eigenvalue weighted by molar-refractivity contribution is 9.10. The van der Waals surface area contributed by atoms with E-state index in [0.29, 0.717) is 44.3 Å². The minimum atomic E-state index is -0.734. The van der Waals surface area contributed by atoms with Crippen molar-refractivity contribution in [1.82, 2.24) is 10.6 Å². The van der Waals surface area contributed by atoms with E-state index in [2.05, 4.69) is 26.6 Å². The highest BCUT2D eigenvalue weighted by Crippen LogP contribution is 2.41. The van der Waals surface area contributed by atoms with Gasteiger partial charge in [0, 0.05) is 10.2 Å². The van der Waals surface area contributed by atoms with Crippen LogP contribution in [0.2, 0.25) is 0 Å². The Morgan fingerprint density at radius 3 is 2.52 bits per heavy atom. The van der Waals surface area contributed by atoms with Gasteiger partial charge in [-0.3, -0.25) is 0 Å². The van der Waals surface area contributed by atoms with Gasteiger partial charge in [-0.05, 0) is 42.3 Å². The van der Waals surface area contributed by atoms with E-state index in [1.54, 1.807) is 37.3 Å². The Kier molecular flexibility index (Phi) is 4.85. The Morgan fingerprint density at radius 1 is 1.06 bits per heavy atom. The molecule has 0 aromatic heterocycles. The zero-order valence-corrected chi connectivity index (χ0v) is 17.9. The number of carbonyl (C=O) groups is 2. The Labute approximate surface area is 185 Å².